The van der Waals surface area contributed by atoms with Crippen LogP contribution in [0.25, 0.3) is 0 Å². The number of ketones is 1. The lowest BCUT2D eigenvalue weighted by Crippen LogP contribution is -2.41. The predicted octanol–water partition coefficient (Wildman–Crippen LogP) is 20.0. The van der Waals surface area contributed by atoms with E-state index >= 15 is 0 Å². The highest BCUT2D eigenvalue weighted by atomic mass is 127. The molecule has 0 radical (unpaired) electrons. The molecule has 3 fully saturated rings. The second-order valence-corrected chi connectivity index (χ2v) is 24.6. The number of Topliss-reactive ketones (excluding diaryl/α,β-unsaturated/α-hetero) is 1. The second kappa shape index (κ2) is 42.5. The Labute approximate surface area is 551 Å². The molecule has 0 unspecified atom stereocenters. The molecule has 0 bridgehead atoms. The number of benzene rings is 4. The van der Waals surface area contributed by atoms with Crippen LogP contribution in [0.1, 0.15) is 191 Å². The monoisotopic (exact) mass is 1440 g/mol. The minimum absolute atomic E-state index is 0. The van der Waals surface area contributed by atoms with Crippen LogP contribution in [-0.2, 0) is 23.8 Å². The first-order valence-corrected chi connectivity index (χ1v) is 30.3. The van der Waals surface area contributed by atoms with Crippen molar-refractivity contribution in [3.05, 3.63) is 136 Å². The molecular weight excluding hydrogens is 1350 g/mol. The molecule has 4 heterocycles. The predicted molar refractivity (Wildman–Crippen MR) is 349 cm³/mol. The molecule has 4 aromatic carbocycles. The molecule has 4 aliphatic heterocycles. The minimum atomic E-state index is -4.64. The number of nitrogens with one attached hydrogen (secondary N) is 2. The normalized spacial score (nSPS) is 17.7. The van der Waals surface area contributed by atoms with Crippen LogP contribution in [0.15, 0.2) is 77.8 Å². The number of alkyl halides is 3. The molecule has 0 aliphatic carbocycles. The van der Waals surface area contributed by atoms with E-state index in [1.54, 1.807) is 91.8 Å². The van der Waals surface area contributed by atoms with Gasteiger partial charge in [-0.3, -0.25) is 19.4 Å². The van der Waals surface area contributed by atoms with Gasteiger partial charge in [0.05, 0.1) is 20.1 Å². The summed E-state index contributed by atoms with van der Waals surface area (Å²) >= 11 is 24.6. The van der Waals surface area contributed by atoms with E-state index in [0.29, 0.717) is 43.4 Å². The highest BCUT2D eigenvalue weighted by Crippen LogP contribution is 2.29. The van der Waals surface area contributed by atoms with Crippen LogP contribution in [0.3, 0.4) is 0 Å². The van der Waals surface area contributed by atoms with Gasteiger partial charge in [-0.15, -0.1) is 0 Å². The van der Waals surface area contributed by atoms with Crippen molar-refractivity contribution in [2.45, 2.75) is 210 Å². The van der Waals surface area contributed by atoms with Gasteiger partial charge < -0.3 is 24.8 Å². The van der Waals surface area contributed by atoms with E-state index in [-0.39, 0.29) is 82.6 Å². The van der Waals surface area contributed by atoms with Gasteiger partial charge in [-0.2, -0.15) is 13.2 Å². The standard InChI is InChI=1S/C16H21ClFNO3.C11H13ClFN.C11H11ClFN.C10H17NO3.C6H3ClFI.C4H8O.C2HF3O.C2H6.2CH4/c1-10(19-15(21)22-16(2,3)4)5-8-14(20)11-6-7-13(18)12(17)9-11;2*1-7-2-5-11(14-7)8-3-4-10(13)9(12)6-8;1-7-5-6-8(12)11(7)9(13)14-10(2,3)4;7-5-3-4(9)1-2-6(5)8;1-2-4-5-3-1;3-2(4,5)1-6;1-2;;/h6-7,9-10H,5,8H2,1-4H3,(H,19,21);3-4,6-7,11,14H,2,5H2,1H3;3-4,6-7H,2,5H2,1H3;7H,5-6H2,1-4H3;1-3H;1-4H2;1H;1-2H3;2*1H4/t10-;7-,11-;2*7-;;;;;;/m0000....../s1/i;;;;;;;1D;;. The summed E-state index contributed by atoms with van der Waals surface area (Å²) in [6.45, 7) is 22.9. The number of likely N-dealkylation sites (tertiary alicyclic amines) is 1. The highest BCUT2D eigenvalue weighted by molar-refractivity contribution is 14.1. The Kier molecular flexibility index (Phi) is 40.3. The zero-order valence-electron chi connectivity index (χ0n) is 51.3. The first kappa shape index (κ1) is 83.4. The topological polar surface area (TPSA) is 153 Å². The number of aldehydes is 1. The molecule has 8 rings (SSSR count). The molecule has 0 saturated carbocycles. The van der Waals surface area contributed by atoms with E-state index in [0.717, 1.165) is 65.4 Å². The summed E-state index contributed by atoms with van der Waals surface area (Å²) in [4.78, 5) is 60.9. The molecule has 88 heavy (non-hydrogen) atoms. The lowest BCUT2D eigenvalue weighted by atomic mass is 10.0. The molecule has 3 saturated heterocycles. The first-order chi connectivity index (χ1) is 40.4. The zero-order valence-corrected chi connectivity index (χ0v) is 55.5. The van der Waals surface area contributed by atoms with Gasteiger partial charge >= 0.3 is 18.4 Å². The van der Waals surface area contributed by atoms with Gasteiger partial charge in [0.2, 0.25) is 12.2 Å². The molecule has 3 amide bonds. The number of amides is 3. The second-order valence-electron chi connectivity index (χ2n) is 21.8. The van der Waals surface area contributed by atoms with Gasteiger partial charge in [0.15, 0.2) is 5.78 Å². The van der Waals surface area contributed by atoms with Crippen molar-refractivity contribution >= 4 is 105 Å². The molecule has 2 N–H and O–H groups in total. The number of ether oxygens (including phenoxy) is 3. The smallest absolute Gasteiger partial charge is 0.444 e. The van der Waals surface area contributed by atoms with Crippen molar-refractivity contribution in [2.75, 3.05) is 13.2 Å². The highest BCUT2D eigenvalue weighted by Gasteiger charge is 2.36. The van der Waals surface area contributed by atoms with Crippen LogP contribution in [0.4, 0.5) is 40.3 Å². The number of aliphatic imine (C=N–C) groups is 1. The van der Waals surface area contributed by atoms with Crippen LogP contribution in [-0.4, -0.2) is 95.5 Å². The van der Waals surface area contributed by atoms with Gasteiger partial charge in [0.1, 0.15) is 34.5 Å². The summed E-state index contributed by atoms with van der Waals surface area (Å²) in [7, 11) is 0. The molecule has 4 aliphatic rings. The van der Waals surface area contributed by atoms with Gasteiger partial charge in [-0.25, -0.2) is 32.1 Å². The van der Waals surface area contributed by atoms with E-state index < -0.39 is 41.7 Å². The lowest BCUT2D eigenvalue weighted by molar-refractivity contribution is -0.156. The van der Waals surface area contributed by atoms with E-state index in [1.165, 1.54) is 54.5 Å². The lowest BCUT2D eigenvalue weighted by Gasteiger charge is -2.25. The SMILES string of the molecule is C.C.C1CCOC1.C[C@@H](CCC(=O)c1ccc(F)c(Cl)c1)NC(=O)OC(C)(C)C.C[C@H]1CCC(=O)N1C(=O)OC(C)(C)C.C[C@H]1CCC(c2ccc(F)c(Cl)c2)=N1.C[C@H]1CC[C@@H](c2ccc(F)c(Cl)c2)N1.Fc1ccc(I)cc1Cl.O=CC(F)(F)F.[2H]CC. The number of hydrogen-bond acceptors (Lipinski definition) is 10. The largest absolute Gasteiger partial charge is 0.446 e. The quantitative estimate of drug-likeness (QED) is 0.0605. The third-order valence-corrected chi connectivity index (χ3v) is 13.7. The molecule has 0 spiro atoms. The van der Waals surface area contributed by atoms with Gasteiger partial charge in [0.25, 0.3) is 0 Å². The van der Waals surface area contributed by atoms with E-state index in [1.807, 2.05) is 6.92 Å². The number of nitrogens with zero attached hydrogens (tertiary/aromatic N) is 2. The summed E-state index contributed by atoms with van der Waals surface area (Å²) in [5.74, 6) is -1.93. The number of halogens is 12. The number of carbonyl (C=O) groups is 5. The first-order valence-electron chi connectivity index (χ1n) is 28.4. The van der Waals surface area contributed by atoms with Crippen molar-refractivity contribution in [3.8, 4) is 0 Å². The molecule has 4 aromatic rings. The molecular formula is C64H88Cl4F7IN4O8. The average molecular weight is 1440 g/mol. The molecule has 24 heteroatoms. The Morgan fingerprint density at radius 1 is 0.773 bits per heavy atom. The van der Waals surface area contributed by atoms with Gasteiger partial charge in [-0.05, 0) is 215 Å². The maximum absolute atomic E-state index is 13.1. The van der Waals surface area contributed by atoms with Crippen LogP contribution in [0.5, 0.6) is 0 Å². The van der Waals surface area contributed by atoms with Crippen molar-refractivity contribution in [3.63, 3.8) is 0 Å². The Morgan fingerprint density at radius 2 is 1.27 bits per heavy atom. The summed E-state index contributed by atoms with van der Waals surface area (Å²) < 4.78 is 105. The van der Waals surface area contributed by atoms with Gasteiger partial charge in [-0.1, -0.05) is 87.2 Å². The molecule has 496 valence electrons. The fraction of sp³-hybridized carbons (Fsp3) is 0.531. The van der Waals surface area contributed by atoms with Crippen LogP contribution < -0.4 is 10.6 Å². The van der Waals surface area contributed by atoms with Crippen LogP contribution in [0, 0.1) is 26.8 Å². The Balaban J connectivity index is 0. The van der Waals surface area contributed by atoms with Gasteiger partial charge in [0, 0.05) is 72.5 Å². The fourth-order valence-corrected chi connectivity index (χ4v) is 9.10. The number of rotatable bonds is 7. The van der Waals surface area contributed by atoms with Crippen LogP contribution >= 0.6 is 69.0 Å². The third kappa shape index (κ3) is 35.7. The summed E-state index contributed by atoms with van der Waals surface area (Å²) in [6, 6.07) is 19.2. The van der Waals surface area contributed by atoms with Crippen molar-refractivity contribution < 1.29 is 70.3 Å². The minimum Gasteiger partial charge on any atom is -0.444 e. The summed E-state index contributed by atoms with van der Waals surface area (Å²) in [5, 5.41) is 6.59. The fourth-order valence-electron chi connectivity index (χ4n) is 7.70. The number of hydrogen-bond donors (Lipinski definition) is 2. The maximum Gasteiger partial charge on any atom is 0.446 e. The van der Waals surface area contributed by atoms with E-state index in [4.69, 9.17) is 66.8 Å². The molecule has 0 aromatic heterocycles. The Morgan fingerprint density at radius 3 is 1.67 bits per heavy atom. The Hall–Kier alpha value is -4.58. The third-order valence-electron chi connectivity index (χ3n) is 11.9. The average Bonchev–Trinajstić information content (AvgIpc) is 4.16. The van der Waals surface area contributed by atoms with Crippen molar-refractivity contribution in [1.29, 1.82) is 0 Å². The number of carbonyl (C=O) groups excluding carboxylic acids is 5. The van der Waals surface area contributed by atoms with Crippen molar-refractivity contribution in [2.24, 2.45) is 4.99 Å². The maximum atomic E-state index is 13.1. The summed E-state index contributed by atoms with van der Waals surface area (Å²) in [5.41, 5.74) is 2.32. The summed E-state index contributed by atoms with van der Waals surface area (Å²) in [6.07, 6.45) is 1.97. The van der Waals surface area contributed by atoms with E-state index in [9.17, 15) is 49.9 Å². The molecule has 12 nitrogen and oxygen atoms in total. The van der Waals surface area contributed by atoms with Crippen LogP contribution in [0.2, 0.25) is 20.1 Å². The Bertz CT molecular complexity index is 2840. The van der Waals surface area contributed by atoms with Crippen molar-refractivity contribution in [1.82, 2.24) is 15.5 Å². The number of imide groups is 1. The molecule has 5 atom stereocenters. The zero-order chi connectivity index (χ0) is 66.4. The van der Waals surface area contributed by atoms with E-state index in [2.05, 4.69) is 52.1 Å². The number of alkyl carbamates (subject to hydrolysis) is 1.